The van der Waals surface area contributed by atoms with Gasteiger partial charge in [0.25, 0.3) is 0 Å². The molecule has 0 aliphatic heterocycles. The molecule has 5 nitrogen and oxygen atoms in total. The Morgan fingerprint density at radius 1 is 1.44 bits per heavy atom. The number of pyridine rings is 1. The number of hydrogen-bond donors (Lipinski definition) is 2. The van der Waals surface area contributed by atoms with Crippen molar-refractivity contribution < 1.29 is 14.3 Å². The van der Waals surface area contributed by atoms with Crippen molar-refractivity contribution in [2.75, 3.05) is 11.9 Å². The molecular weight excluding hydrogens is 257 g/mol. The highest BCUT2D eigenvalue weighted by atomic mass is 32.1. The smallest absolute Gasteiger partial charge is 0.338 e. The Morgan fingerprint density at radius 3 is 2.94 bits per heavy atom. The normalized spacial score (nSPS) is 10.3. The third-order valence-corrected chi connectivity index (χ3v) is 3.07. The zero-order chi connectivity index (χ0) is 13.0. The van der Waals surface area contributed by atoms with Gasteiger partial charge in [-0.25, -0.2) is 19.2 Å². The summed E-state index contributed by atoms with van der Waals surface area (Å²) in [4.78, 5) is 18.6. The van der Waals surface area contributed by atoms with Crippen LogP contribution >= 0.6 is 11.3 Å². The van der Waals surface area contributed by atoms with Gasteiger partial charge in [0, 0.05) is 30.7 Å². The maximum atomic E-state index is 13.7. The molecule has 2 N–H and O–H groups in total. The first kappa shape index (κ1) is 12.4. The van der Waals surface area contributed by atoms with Crippen molar-refractivity contribution in [1.82, 2.24) is 9.97 Å². The van der Waals surface area contributed by atoms with Crippen molar-refractivity contribution in [2.45, 2.75) is 6.42 Å². The van der Waals surface area contributed by atoms with Crippen LogP contribution in [0.5, 0.6) is 0 Å². The van der Waals surface area contributed by atoms with Crippen LogP contribution < -0.4 is 5.32 Å². The highest BCUT2D eigenvalue weighted by Gasteiger charge is 2.14. The summed E-state index contributed by atoms with van der Waals surface area (Å²) in [6, 6.07) is 1.13. The molecule has 18 heavy (non-hydrogen) atoms. The Labute approximate surface area is 106 Å². The Hall–Kier alpha value is -2.02. The second kappa shape index (κ2) is 5.54. The molecule has 0 spiro atoms. The lowest BCUT2D eigenvalue weighted by atomic mass is 10.2. The zero-order valence-corrected chi connectivity index (χ0v) is 10.1. The van der Waals surface area contributed by atoms with Gasteiger partial charge in [0.05, 0.1) is 5.01 Å². The fourth-order valence-electron chi connectivity index (χ4n) is 1.40. The van der Waals surface area contributed by atoms with E-state index in [9.17, 15) is 9.18 Å². The second-order valence-corrected chi connectivity index (χ2v) is 4.41. The number of carboxylic acid groups (broad SMARTS) is 1. The summed E-state index contributed by atoms with van der Waals surface area (Å²) in [6.07, 6.45) is 3.60. The number of nitrogens with one attached hydrogen (secondary N) is 1. The summed E-state index contributed by atoms with van der Waals surface area (Å²) >= 11 is 1.51. The predicted octanol–water partition coefficient (Wildman–Crippen LogP) is 2.03. The maximum absolute atomic E-state index is 13.7. The van der Waals surface area contributed by atoms with E-state index in [0.29, 0.717) is 13.0 Å². The third kappa shape index (κ3) is 2.80. The molecule has 2 rings (SSSR count). The number of halogens is 1. The standard InChI is InChI=1S/C11H10FN3O2S/c12-9-7(11(16)17)1-3-14-10(9)15-4-2-8-13-5-6-18-8/h1,3,5-6H,2,4H2,(H,14,15)(H,16,17). The van der Waals surface area contributed by atoms with Crippen LogP contribution in [0, 0.1) is 5.82 Å². The molecule has 0 amide bonds. The van der Waals surface area contributed by atoms with E-state index >= 15 is 0 Å². The van der Waals surface area contributed by atoms with Gasteiger partial charge in [0.1, 0.15) is 5.56 Å². The molecule has 0 saturated heterocycles. The summed E-state index contributed by atoms with van der Waals surface area (Å²) in [6.45, 7) is 0.445. The quantitative estimate of drug-likeness (QED) is 0.867. The number of carboxylic acids is 1. The topological polar surface area (TPSA) is 75.1 Å². The van der Waals surface area contributed by atoms with E-state index in [1.54, 1.807) is 6.20 Å². The lowest BCUT2D eigenvalue weighted by molar-refractivity contribution is 0.0692. The van der Waals surface area contributed by atoms with Gasteiger partial charge in [-0.15, -0.1) is 11.3 Å². The third-order valence-electron chi connectivity index (χ3n) is 2.23. The molecule has 0 bridgehead atoms. The average Bonchev–Trinajstić information content (AvgIpc) is 2.84. The number of thiazole rings is 1. The fourth-order valence-corrected chi connectivity index (χ4v) is 2.02. The molecule has 0 atom stereocenters. The molecule has 7 heteroatoms. The molecule has 0 aromatic carbocycles. The summed E-state index contributed by atoms with van der Waals surface area (Å²) in [7, 11) is 0. The first-order chi connectivity index (χ1) is 8.68. The van der Waals surface area contributed by atoms with E-state index in [4.69, 9.17) is 5.11 Å². The lowest BCUT2D eigenvalue weighted by Gasteiger charge is -2.06. The molecule has 0 saturated carbocycles. The zero-order valence-electron chi connectivity index (χ0n) is 9.26. The number of aromatic carboxylic acids is 1. The number of anilines is 1. The summed E-state index contributed by atoms with van der Waals surface area (Å²) in [5, 5.41) is 14.3. The largest absolute Gasteiger partial charge is 0.478 e. The SMILES string of the molecule is O=C(O)c1ccnc(NCCc2nccs2)c1F. The van der Waals surface area contributed by atoms with Crippen molar-refractivity contribution in [3.05, 3.63) is 40.2 Å². The number of carbonyl (C=O) groups is 1. The highest BCUT2D eigenvalue weighted by Crippen LogP contribution is 2.15. The van der Waals surface area contributed by atoms with E-state index in [0.717, 1.165) is 11.1 Å². The van der Waals surface area contributed by atoms with Crippen molar-refractivity contribution >= 4 is 23.1 Å². The van der Waals surface area contributed by atoms with Gasteiger partial charge in [-0.05, 0) is 6.07 Å². The van der Waals surface area contributed by atoms with E-state index in [2.05, 4.69) is 15.3 Å². The van der Waals surface area contributed by atoms with Crippen LogP contribution in [0.15, 0.2) is 23.8 Å². The second-order valence-electron chi connectivity index (χ2n) is 3.43. The van der Waals surface area contributed by atoms with Gasteiger partial charge in [-0.2, -0.15) is 0 Å². The number of hydrogen-bond acceptors (Lipinski definition) is 5. The molecule has 2 heterocycles. The number of nitrogens with zero attached hydrogens (tertiary/aromatic N) is 2. The van der Waals surface area contributed by atoms with Gasteiger partial charge in [-0.3, -0.25) is 0 Å². The van der Waals surface area contributed by atoms with Crippen molar-refractivity contribution in [3.8, 4) is 0 Å². The van der Waals surface area contributed by atoms with Gasteiger partial charge in [-0.1, -0.05) is 0 Å². The monoisotopic (exact) mass is 267 g/mol. The van der Waals surface area contributed by atoms with Crippen LogP contribution in [0.3, 0.4) is 0 Å². The van der Waals surface area contributed by atoms with Gasteiger partial charge < -0.3 is 10.4 Å². The van der Waals surface area contributed by atoms with Gasteiger partial charge >= 0.3 is 5.97 Å². The Balaban J connectivity index is 2.01. The predicted molar refractivity (Wildman–Crippen MR) is 65.5 cm³/mol. The summed E-state index contributed by atoms with van der Waals surface area (Å²) < 4.78 is 13.7. The molecule has 2 aromatic heterocycles. The molecule has 94 valence electrons. The van der Waals surface area contributed by atoms with E-state index < -0.39 is 11.8 Å². The van der Waals surface area contributed by atoms with E-state index in [-0.39, 0.29) is 11.4 Å². The minimum absolute atomic E-state index is 0.0496. The molecule has 0 radical (unpaired) electrons. The lowest BCUT2D eigenvalue weighted by Crippen LogP contribution is -2.10. The Morgan fingerprint density at radius 2 is 2.28 bits per heavy atom. The Kier molecular flexibility index (Phi) is 3.83. The maximum Gasteiger partial charge on any atom is 0.338 e. The van der Waals surface area contributed by atoms with E-state index in [1.165, 1.54) is 17.5 Å². The molecule has 0 unspecified atom stereocenters. The number of rotatable bonds is 5. The first-order valence-corrected chi connectivity index (χ1v) is 6.06. The van der Waals surface area contributed by atoms with Crippen molar-refractivity contribution in [3.63, 3.8) is 0 Å². The van der Waals surface area contributed by atoms with Gasteiger partial charge in [0.2, 0.25) is 0 Å². The highest BCUT2D eigenvalue weighted by molar-refractivity contribution is 7.09. The molecule has 0 aliphatic carbocycles. The molecule has 0 aliphatic rings. The van der Waals surface area contributed by atoms with Crippen LogP contribution in [-0.4, -0.2) is 27.6 Å². The molecular formula is C11H10FN3O2S. The van der Waals surface area contributed by atoms with Crippen LogP contribution in [0.2, 0.25) is 0 Å². The van der Waals surface area contributed by atoms with Crippen LogP contribution in [0.1, 0.15) is 15.4 Å². The molecule has 2 aromatic rings. The molecule has 0 fully saturated rings. The van der Waals surface area contributed by atoms with Crippen LogP contribution in [0.4, 0.5) is 10.2 Å². The average molecular weight is 267 g/mol. The summed E-state index contributed by atoms with van der Waals surface area (Å²) in [5.74, 6) is -2.20. The Bertz CT molecular complexity index is 545. The number of aromatic nitrogens is 2. The van der Waals surface area contributed by atoms with Crippen LogP contribution in [-0.2, 0) is 6.42 Å². The van der Waals surface area contributed by atoms with Gasteiger partial charge in [0.15, 0.2) is 11.6 Å². The first-order valence-electron chi connectivity index (χ1n) is 5.18. The van der Waals surface area contributed by atoms with Crippen molar-refractivity contribution in [1.29, 1.82) is 0 Å². The van der Waals surface area contributed by atoms with E-state index in [1.807, 2.05) is 5.38 Å². The summed E-state index contributed by atoms with van der Waals surface area (Å²) in [5.41, 5.74) is -0.387. The minimum atomic E-state index is -1.31. The van der Waals surface area contributed by atoms with Crippen LogP contribution in [0.25, 0.3) is 0 Å². The minimum Gasteiger partial charge on any atom is -0.478 e. The van der Waals surface area contributed by atoms with Crippen molar-refractivity contribution in [2.24, 2.45) is 0 Å². The fraction of sp³-hybridized carbons (Fsp3) is 0.182.